The molecule has 1 fully saturated rings. The Hall–Kier alpha value is -0.910. The molecular formula is C12H21N3O2. The molecule has 0 aliphatic carbocycles. The van der Waals surface area contributed by atoms with Gasteiger partial charge in [0.25, 0.3) is 0 Å². The zero-order valence-corrected chi connectivity index (χ0v) is 10.2. The molecule has 0 atom stereocenters. The van der Waals surface area contributed by atoms with Crippen molar-refractivity contribution in [3.63, 3.8) is 0 Å². The molecule has 0 aromatic carbocycles. The third-order valence-corrected chi connectivity index (χ3v) is 2.97. The van der Waals surface area contributed by atoms with Crippen LogP contribution in [0.3, 0.4) is 0 Å². The van der Waals surface area contributed by atoms with E-state index in [0.717, 1.165) is 64.5 Å². The minimum Gasteiger partial charge on any atom is -0.380 e. The highest BCUT2D eigenvalue weighted by Crippen LogP contribution is 1.99. The van der Waals surface area contributed by atoms with E-state index in [0.29, 0.717) is 0 Å². The quantitative estimate of drug-likeness (QED) is 0.703. The zero-order chi connectivity index (χ0) is 11.8. The molecule has 2 rings (SSSR count). The normalized spacial score (nSPS) is 17.4. The van der Waals surface area contributed by atoms with E-state index in [1.54, 1.807) is 6.26 Å². The number of nitrogens with zero attached hydrogens (tertiary/aromatic N) is 2. The smallest absolute Gasteiger partial charge is 0.124 e. The average Bonchev–Trinajstić information content (AvgIpc) is 2.88. The van der Waals surface area contributed by atoms with Gasteiger partial charge < -0.3 is 14.6 Å². The Balaban J connectivity index is 1.43. The first-order valence-electron chi connectivity index (χ1n) is 6.35. The lowest BCUT2D eigenvalue weighted by Crippen LogP contribution is -2.44. The van der Waals surface area contributed by atoms with Crippen molar-refractivity contribution in [3.8, 4) is 0 Å². The Kier molecular flexibility index (Phi) is 5.48. The van der Waals surface area contributed by atoms with Crippen LogP contribution in [-0.2, 0) is 11.2 Å². The lowest BCUT2D eigenvalue weighted by atomic mass is 10.2. The molecule has 1 aromatic heterocycles. The Labute approximate surface area is 102 Å². The van der Waals surface area contributed by atoms with Crippen molar-refractivity contribution in [2.24, 2.45) is 0 Å². The van der Waals surface area contributed by atoms with Crippen molar-refractivity contribution in [1.82, 2.24) is 15.4 Å². The summed E-state index contributed by atoms with van der Waals surface area (Å²) < 4.78 is 10.4. The molecule has 17 heavy (non-hydrogen) atoms. The molecule has 0 radical (unpaired) electrons. The van der Waals surface area contributed by atoms with Crippen LogP contribution in [0.5, 0.6) is 0 Å². The number of aromatic nitrogens is 1. The summed E-state index contributed by atoms with van der Waals surface area (Å²) in [6, 6.07) is 1.90. The largest absolute Gasteiger partial charge is 0.380 e. The minimum absolute atomic E-state index is 0.805. The maximum absolute atomic E-state index is 5.61. The Bertz CT molecular complexity index is 284. The molecule has 0 unspecified atom stereocenters. The van der Waals surface area contributed by atoms with Crippen LogP contribution in [0.2, 0.25) is 0 Å². The van der Waals surface area contributed by atoms with Crippen LogP contribution in [0.15, 0.2) is 16.9 Å². The summed E-state index contributed by atoms with van der Waals surface area (Å²) in [6.45, 7) is 7.17. The lowest BCUT2D eigenvalue weighted by molar-refractivity contribution is 0.0974. The molecular weight excluding hydrogens is 218 g/mol. The zero-order valence-electron chi connectivity index (χ0n) is 10.2. The highest BCUT2D eigenvalue weighted by molar-refractivity contribution is 4.94. The third kappa shape index (κ3) is 4.85. The average molecular weight is 239 g/mol. The van der Waals surface area contributed by atoms with E-state index in [1.165, 1.54) is 0 Å². The van der Waals surface area contributed by atoms with Crippen molar-refractivity contribution in [2.45, 2.75) is 12.8 Å². The second kappa shape index (κ2) is 7.42. The molecule has 0 spiro atoms. The molecule has 2 heterocycles. The summed E-state index contributed by atoms with van der Waals surface area (Å²) in [5.74, 6) is 0. The number of piperazine rings is 1. The van der Waals surface area contributed by atoms with E-state index in [1.807, 2.05) is 6.07 Å². The summed E-state index contributed by atoms with van der Waals surface area (Å²) in [4.78, 5) is 2.44. The molecule has 1 aliphatic rings. The highest BCUT2D eigenvalue weighted by atomic mass is 16.5. The molecule has 1 aliphatic heterocycles. The molecule has 0 amide bonds. The molecule has 5 nitrogen and oxygen atoms in total. The van der Waals surface area contributed by atoms with Gasteiger partial charge in [-0.25, -0.2) is 0 Å². The van der Waals surface area contributed by atoms with Crippen LogP contribution in [0.4, 0.5) is 0 Å². The molecule has 1 aromatic rings. The fourth-order valence-corrected chi connectivity index (χ4v) is 1.95. The van der Waals surface area contributed by atoms with Crippen LogP contribution in [0, 0.1) is 0 Å². The van der Waals surface area contributed by atoms with Gasteiger partial charge in [-0.15, -0.1) is 0 Å². The monoisotopic (exact) mass is 239 g/mol. The summed E-state index contributed by atoms with van der Waals surface area (Å²) in [7, 11) is 0. The van der Waals surface area contributed by atoms with E-state index >= 15 is 0 Å². The van der Waals surface area contributed by atoms with Gasteiger partial charge in [-0.3, -0.25) is 4.90 Å². The van der Waals surface area contributed by atoms with Gasteiger partial charge in [0.15, 0.2) is 0 Å². The van der Waals surface area contributed by atoms with Crippen molar-refractivity contribution < 1.29 is 9.26 Å². The van der Waals surface area contributed by atoms with Crippen molar-refractivity contribution in [1.29, 1.82) is 0 Å². The maximum Gasteiger partial charge on any atom is 0.124 e. The number of ether oxygens (including phenoxy) is 1. The fraction of sp³-hybridized carbons (Fsp3) is 0.750. The predicted molar refractivity (Wildman–Crippen MR) is 65.0 cm³/mol. The first-order valence-corrected chi connectivity index (χ1v) is 6.35. The number of rotatable bonds is 7. The molecule has 0 saturated carbocycles. The first kappa shape index (κ1) is 12.5. The number of hydrogen-bond acceptors (Lipinski definition) is 5. The highest BCUT2D eigenvalue weighted by Gasteiger charge is 2.08. The van der Waals surface area contributed by atoms with Crippen molar-refractivity contribution in [2.75, 3.05) is 45.9 Å². The standard InChI is InChI=1S/C12H21N3O2/c1(2-12-3-10-17-14-12)9-16-11-8-15-6-4-13-5-7-15/h3,10,13H,1-2,4-9,11H2. The molecule has 0 bridgehead atoms. The van der Waals surface area contributed by atoms with E-state index in [-0.39, 0.29) is 0 Å². The third-order valence-electron chi connectivity index (χ3n) is 2.97. The van der Waals surface area contributed by atoms with Gasteiger partial charge in [0.1, 0.15) is 6.26 Å². The van der Waals surface area contributed by atoms with Gasteiger partial charge in [-0.1, -0.05) is 5.16 Å². The Morgan fingerprint density at radius 2 is 2.24 bits per heavy atom. The lowest BCUT2D eigenvalue weighted by Gasteiger charge is -2.26. The Morgan fingerprint density at radius 3 is 3.00 bits per heavy atom. The van der Waals surface area contributed by atoms with Crippen LogP contribution < -0.4 is 5.32 Å². The maximum atomic E-state index is 5.61. The summed E-state index contributed by atoms with van der Waals surface area (Å²) in [6.07, 6.45) is 3.55. The van der Waals surface area contributed by atoms with E-state index in [9.17, 15) is 0 Å². The van der Waals surface area contributed by atoms with Crippen LogP contribution in [0.25, 0.3) is 0 Å². The van der Waals surface area contributed by atoms with Gasteiger partial charge in [-0.05, 0) is 12.8 Å². The SMILES string of the molecule is c1cc(CCCOCCN2CCNCC2)no1. The molecule has 96 valence electrons. The summed E-state index contributed by atoms with van der Waals surface area (Å²) in [5.41, 5.74) is 1.01. The molecule has 1 saturated heterocycles. The summed E-state index contributed by atoms with van der Waals surface area (Å²) >= 11 is 0. The van der Waals surface area contributed by atoms with Crippen molar-refractivity contribution in [3.05, 3.63) is 18.0 Å². The van der Waals surface area contributed by atoms with Gasteiger partial charge in [0.05, 0.1) is 12.3 Å². The van der Waals surface area contributed by atoms with Crippen LogP contribution in [0.1, 0.15) is 12.1 Å². The van der Waals surface area contributed by atoms with Crippen LogP contribution in [-0.4, -0.2) is 56.0 Å². The van der Waals surface area contributed by atoms with E-state index < -0.39 is 0 Å². The number of hydrogen-bond donors (Lipinski definition) is 1. The minimum atomic E-state index is 0.805. The van der Waals surface area contributed by atoms with Crippen LogP contribution >= 0.6 is 0 Å². The topological polar surface area (TPSA) is 50.5 Å². The fourth-order valence-electron chi connectivity index (χ4n) is 1.95. The number of nitrogens with one attached hydrogen (secondary N) is 1. The van der Waals surface area contributed by atoms with Crippen molar-refractivity contribution >= 4 is 0 Å². The second-order valence-electron chi connectivity index (χ2n) is 4.30. The Morgan fingerprint density at radius 1 is 1.35 bits per heavy atom. The van der Waals surface area contributed by atoms with Gasteiger partial charge in [0.2, 0.25) is 0 Å². The predicted octanol–water partition coefficient (Wildman–Crippen LogP) is 0.529. The van der Waals surface area contributed by atoms with E-state index in [2.05, 4.69) is 15.4 Å². The second-order valence-corrected chi connectivity index (χ2v) is 4.30. The molecule has 1 N–H and O–H groups in total. The van der Waals surface area contributed by atoms with Gasteiger partial charge in [-0.2, -0.15) is 0 Å². The first-order chi connectivity index (χ1) is 8.45. The van der Waals surface area contributed by atoms with Gasteiger partial charge in [0, 0.05) is 45.4 Å². The van der Waals surface area contributed by atoms with E-state index in [4.69, 9.17) is 9.26 Å². The van der Waals surface area contributed by atoms with Gasteiger partial charge >= 0.3 is 0 Å². The summed E-state index contributed by atoms with van der Waals surface area (Å²) in [5, 5.41) is 7.20. The number of aryl methyl sites for hydroxylation is 1. The molecule has 5 heteroatoms.